The van der Waals surface area contributed by atoms with Gasteiger partial charge in [-0.2, -0.15) is 4.98 Å². The first kappa shape index (κ1) is 12.1. The Morgan fingerprint density at radius 1 is 1.37 bits per heavy atom. The van der Waals surface area contributed by atoms with Gasteiger partial charge in [0, 0.05) is 16.8 Å². The van der Waals surface area contributed by atoms with Crippen LogP contribution >= 0.6 is 23.2 Å². The number of imidazole rings is 1. The van der Waals surface area contributed by atoms with Crippen LogP contribution in [0.25, 0.3) is 17.1 Å². The lowest BCUT2D eigenvalue weighted by Crippen LogP contribution is -2.02. The first-order valence-electron chi connectivity index (χ1n) is 5.22. The summed E-state index contributed by atoms with van der Waals surface area (Å²) in [7, 11) is 0. The number of hydrogen-bond donors (Lipinski definition) is 1. The van der Waals surface area contributed by atoms with Crippen LogP contribution < -0.4 is 0 Å². The number of nitrogens with zero attached hydrogens (tertiary/aromatic N) is 2. The largest absolute Gasteiger partial charge is 0.476 e. The molecule has 0 aliphatic rings. The summed E-state index contributed by atoms with van der Waals surface area (Å²) in [5.41, 5.74) is 0.651. The molecular weight excluding hydrogens is 291 g/mol. The van der Waals surface area contributed by atoms with Gasteiger partial charge in [-0.25, -0.2) is 4.79 Å². The molecule has 0 atom stereocenters. The van der Waals surface area contributed by atoms with E-state index in [-0.39, 0.29) is 17.2 Å². The van der Waals surface area contributed by atoms with Gasteiger partial charge in [0.25, 0.3) is 0 Å². The minimum absolute atomic E-state index is 0.0204. The van der Waals surface area contributed by atoms with Crippen LogP contribution in [0, 0.1) is 0 Å². The van der Waals surface area contributed by atoms with E-state index in [9.17, 15) is 9.90 Å². The molecule has 5 nitrogen and oxygen atoms in total. The second-order valence-corrected chi connectivity index (χ2v) is 4.64. The first-order valence-corrected chi connectivity index (χ1v) is 5.98. The normalized spacial score (nSPS) is 11.1. The van der Waals surface area contributed by atoms with Crippen molar-refractivity contribution in [3.8, 4) is 11.3 Å². The molecule has 0 aliphatic heterocycles. The van der Waals surface area contributed by atoms with Crippen molar-refractivity contribution in [1.82, 2.24) is 9.38 Å². The Hall–Kier alpha value is -1.98. The Labute approximate surface area is 117 Å². The number of carboxylic acids is 1. The van der Waals surface area contributed by atoms with E-state index in [4.69, 9.17) is 27.6 Å². The summed E-state index contributed by atoms with van der Waals surface area (Å²) in [5, 5.41) is 10.1. The number of rotatable bonds is 2. The number of aromatic nitrogens is 2. The van der Waals surface area contributed by atoms with Crippen LogP contribution in [0.5, 0.6) is 0 Å². The molecule has 0 bridgehead atoms. The van der Waals surface area contributed by atoms with Crippen LogP contribution in [0.15, 0.2) is 35.1 Å². The van der Waals surface area contributed by atoms with Crippen molar-refractivity contribution >= 4 is 35.0 Å². The van der Waals surface area contributed by atoms with Crippen molar-refractivity contribution in [3.05, 3.63) is 46.4 Å². The average Bonchev–Trinajstić information content (AvgIpc) is 2.91. The number of carboxylic acid groups (broad SMARTS) is 1. The maximum absolute atomic E-state index is 11.4. The minimum Gasteiger partial charge on any atom is -0.476 e. The molecule has 96 valence electrons. The molecule has 1 N–H and O–H groups in total. The fourth-order valence-electron chi connectivity index (χ4n) is 1.86. The standard InChI is InChI=1S/C12H6Cl2N2O3/c13-6-1-2-8(14)7(5-6)9-10(11(17)18)16-3-4-19-12(16)15-9/h1-5H,(H,17,18). The Morgan fingerprint density at radius 3 is 2.89 bits per heavy atom. The Kier molecular flexibility index (Phi) is 2.73. The molecule has 3 aromatic rings. The Morgan fingerprint density at radius 2 is 2.16 bits per heavy atom. The second kappa shape index (κ2) is 4.29. The number of benzene rings is 1. The van der Waals surface area contributed by atoms with Gasteiger partial charge in [0.2, 0.25) is 0 Å². The van der Waals surface area contributed by atoms with Crippen LogP contribution in [0.2, 0.25) is 10.0 Å². The number of oxazole rings is 1. The zero-order chi connectivity index (χ0) is 13.6. The maximum Gasteiger partial charge on any atom is 0.355 e. The summed E-state index contributed by atoms with van der Waals surface area (Å²) in [5.74, 6) is -0.941. The summed E-state index contributed by atoms with van der Waals surface area (Å²) in [6, 6.07) is 4.78. The van der Waals surface area contributed by atoms with Gasteiger partial charge in [0.15, 0.2) is 5.69 Å². The summed E-state index contributed by atoms with van der Waals surface area (Å²) in [4.78, 5) is 15.5. The van der Waals surface area contributed by atoms with Crippen molar-refractivity contribution < 1.29 is 14.3 Å². The van der Waals surface area contributed by atoms with E-state index in [2.05, 4.69) is 4.98 Å². The molecule has 0 aliphatic carbocycles. The van der Waals surface area contributed by atoms with Crippen molar-refractivity contribution in [2.24, 2.45) is 0 Å². The lowest BCUT2D eigenvalue weighted by Gasteiger charge is -2.03. The summed E-state index contributed by atoms with van der Waals surface area (Å²) in [6.45, 7) is 0. The molecular formula is C12H6Cl2N2O3. The molecule has 19 heavy (non-hydrogen) atoms. The van der Waals surface area contributed by atoms with E-state index >= 15 is 0 Å². The quantitative estimate of drug-likeness (QED) is 0.784. The second-order valence-electron chi connectivity index (χ2n) is 3.79. The molecule has 0 radical (unpaired) electrons. The topological polar surface area (TPSA) is 67.7 Å². The fraction of sp³-hybridized carbons (Fsp3) is 0. The molecule has 0 fully saturated rings. The zero-order valence-electron chi connectivity index (χ0n) is 9.30. The van der Waals surface area contributed by atoms with Gasteiger partial charge >= 0.3 is 11.8 Å². The highest BCUT2D eigenvalue weighted by Crippen LogP contribution is 2.32. The van der Waals surface area contributed by atoms with Crippen molar-refractivity contribution in [1.29, 1.82) is 0 Å². The van der Waals surface area contributed by atoms with E-state index in [1.54, 1.807) is 18.2 Å². The third-order valence-corrected chi connectivity index (χ3v) is 3.21. The van der Waals surface area contributed by atoms with E-state index < -0.39 is 5.97 Å². The van der Waals surface area contributed by atoms with E-state index in [1.165, 1.54) is 16.9 Å². The molecule has 2 heterocycles. The zero-order valence-corrected chi connectivity index (χ0v) is 10.8. The highest BCUT2D eigenvalue weighted by Gasteiger charge is 2.23. The van der Waals surface area contributed by atoms with E-state index in [0.29, 0.717) is 15.6 Å². The smallest absolute Gasteiger partial charge is 0.355 e. The van der Waals surface area contributed by atoms with Gasteiger partial charge in [0.05, 0.1) is 5.02 Å². The minimum atomic E-state index is -1.13. The maximum atomic E-state index is 11.4. The highest BCUT2D eigenvalue weighted by molar-refractivity contribution is 6.35. The molecule has 3 rings (SSSR count). The van der Waals surface area contributed by atoms with Gasteiger partial charge in [0.1, 0.15) is 12.0 Å². The van der Waals surface area contributed by atoms with Gasteiger partial charge in [-0.15, -0.1) is 0 Å². The average molecular weight is 297 g/mol. The Balaban J connectivity index is 2.35. The SMILES string of the molecule is O=C(O)c1c(-c2cc(Cl)ccc2Cl)nc2occn12. The number of halogens is 2. The lowest BCUT2D eigenvalue weighted by molar-refractivity contribution is 0.0690. The molecule has 0 amide bonds. The highest BCUT2D eigenvalue weighted by atomic mass is 35.5. The summed E-state index contributed by atoms with van der Waals surface area (Å²) in [6.07, 6.45) is 2.84. The molecule has 0 unspecified atom stereocenters. The predicted molar refractivity (Wildman–Crippen MR) is 69.9 cm³/mol. The van der Waals surface area contributed by atoms with Crippen molar-refractivity contribution in [2.45, 2.75) is 0 Å². The van der Waals surface area contributed by atoms with Crippen LogP contribution in [0.4, 0.5) is 0 Å². The van der Waals surface area contributed by atoms with Gasteiger partial charge in [-0.05, 0) is 18.2 Å². The van der Waals surface area contributed by atoms with E-state index in [0.717, 1.165) is 0 Å². The number of fused-ring (bicyclic) bond motifs is 1. The molecule has 0 saturated heterocycles. The van der Waals surface area contributed by atoms with E-state index in [1.807, 2.05) is 0 Å². The van der Waals surface area contributed by atoms with Crippen molar-refractivity contribution in [3.63, 3.8) is 0 Å². The lowest BCUT2D eigenvalue weighted by atomic mass is 10.1. The Bertz CT molecular complexity index is 791. The third kappa shape index (κ3) is 1.87. The fourth-order valence-corrected chi connectivity index (χ4v) is 2.24. The van der Waals surface area contributed by atoms with Gasteiger partial charge in [-0.1, -0.05) is 23.2 Å². The number of aromatic carboxylic acids is 1. The molecule has 0 saturated carbocycles. The van der Waals surface area contributed by atoms with Gasteiger partial charge in [-0.3, -0.25) is 4.40 Å². The third-order valence-electron chi connectivity index (χ3n) is 2.65. The first-order chi connectivity index (χ1) is 9.08. The number of hydrogen-bond acceptors (Lipinski definition) is 3. The van der Waals surface area contributed by atoms with Crippen LogP contribution in [0.1, 0.15) is 10.5 Å². The molecule has 1 aromatic carbocycles. The summed E-state index contributed by atoms with van der Waals surface area (Å²) >= 11 is 12.0. The number of carbonyl (C=O) groups is 1. The molecule has 7 heteroatoms. The molecule has 2 aromatic heterocycles. The van der Waals surface area contributed by atoms with Crippen LogP contribution in [-0.4, -0.2) is 20.5 Å². The van der Waals surface area contributed by atoms with Crippen molar-refractivity contribution in [2.75, 3.05) is 0 Å². The van der Waals surface area contributed by atoms with Gasteiger partial charge < -0.3 is 9.52 Å². The molecule has 0 spiro atoms. The predicted octanol–water partition coefficient (Wildman–Crippen LogP) is 3.60. The summed E-state index contributed by atoms with van der Waals surface area (Å²) < 4.78 is 6.44. The monoisotopic (exact) mass is 296 g/mol. The van der Waals surface area contributed by atoms with Crippen LogP contribution in [0.3, 0.4) is 0 Å². The van der Waals surface area contributed by atoms with Crippen LogP contribution in [-0.2, 0) is 0 Å².